The number of hydrogen-bond acceptors (Lipinski definition) is 2. The predicted molar refractivity (Wildman–Crippen MR) is 75.2 cm³/mol. The molecule has 0 unspecified atom stereocenters. The van der Waals surface area contributed by atoms with Crippen LogP contribution in [0.5, 0.6) is 0 Å². The van der Waals surface area contributed by atoms with Gasteiger partial charge in [-0.15, -0.1) is 0 Å². The Labute approximate surface area is 105 Å². The second-order valence-electron chi connectivity index (χ2n) is 3.60. The summed E-state index contributed by atoms with van der Waals surface area (Å²) in [6.07, 6.45) is 8.57. The lowest BCUT2D eigenvalue weighted by atomic mass is 10.1. The van der Waals surface area contributed by atoms with Gasteiger partial charge < -0.3 is 4.74 Å². The van der Waals surface area contributed by atoms with Gasteiger partial charge in [-0.1, -0.05) is 13.5 Å². The van der Waals surface area contributed by atoms with Crippen molar-refractivity contribution in [2.45, 2.75) is 13.3 Å². The average Bonchev–Trinajstić information content (AvgIpc) is 2.34. The Morgan fingerprint density at radius 3 is 2.71 bits per heavy atom. The van der Waals surface area contributed by atoms with Crippen molar-refractivity contribution in [3.63, 3.8) is 0 Å². The molecule has 0 fully saturated rings. The molecule has 0 aliphatic carbocycles. The van der Waals surface area contributed by atoms with Crippen LogP contribution in [0.2, 0.25) is 0 Å². The van der Waals surface area contributed by atoms with Crippen LogP contribution in [0, 0.1) is 0 Å². The third kappa shape index (κ3) is 7.41. The van der Waals surface area contributed by atoms with E-state index in [-0.39, 0.29) is 0 Å². The summed E-state index contributed by atoms with van der Waals surface area (Å²) in [5.74, 6) is 0. The van der Waals surface area contributed by atoms with E-state index in [0.29, 0.717) is 6.61 Å². The van der Waals surface area contributed by atoms with Crippen LogP contribution in [0.25, 0.3) is 0 Å². The van der Waals surface area contributed by atoms with E-state index in [9.17, 15) is 0 Å². The standard InChI is InChI=1S/C14H23N2O/c1-6-14(7-9-15-3)13(2)8-10-16(4)11-12-17-5/h7-10H,2,4,6,11-12H2,1,3,5H3/q+1/b10-8-,14-7+,15-9?. The summed E-state index contributed by atoms with van der Waals surface area (Å²) in [6.45, 7) is 11.4. The molecule has 3 heteroatoms. The fraction of sp³-hybridized carbons (Fsp3) is 0.429. The van der Waals surface area contributed by atoms with E-state index in [0.717, 1.165) is 18.5 Å². The molecule has 0 heterocycles. The molecule has 0 spiro atoms. The van der Waals surface area contributed by atoms with Gasteiger partial charge >= 0.3 is 0 Å². The Kier molecular flexibility index (Phi) is 8.88. The zero-order valence-corrected chi connectivity index (χ0v) is 11.1. The highest BCUT2D eigenvalue weighted by molar-refractivity contribution is 5.73. The number of rotatable bonds is 8. The molecular formula is C14H23N2O+. The van der Waals surface area contributed by atoms with E-state index in [1.807, 2.05) is 22.9 Å². The smallest absolute Gasteiger partial charge is 0.170 e. The topological polar surface area (TPSA) is 24.6 Å². The Morgan fingerprint density at radius 1 is 1.47 bits per heavy atom. The van der Waals surface area contributed by atoms with Crippen LogP contribution in [-0.4, -0.2) is 44.8 Å². The van der Waals surface area contributed by atoms with Crippen molar-refractivity contribution < 1.29 is 9.31 Å². The summed E-state index contributed by atoms with van der Waals surface area (Å²) in [5, 5.41) is 0. The second kappa shape index (κ2) is 9.73. The van der Waals surface area contributed by atoms with Crippen molar-refractivity contribution in [2.24, 2.45) is 4.99 Å². The summed E-state index contributed by atoms with van der Waals surface area (Å²) < 4.78 is 6.80. The highest BCUT2D eigenvalue weighted by atomic mass is 16.5. The first kappa shape index (κ1) is 15.5. The monoisotopic (exact) mass is 235 g/mol. The first-order valence-electron chi connectivity index (χ1n) is 5.70. The van der Waals surface area contributed by atoms with Gasteiger partial charge in [-0.05, 0) is 23.6 Å². The lowest BCUT2D eigenvalue weighted by molar-refractivity contribution is -0.451. The van der Waals surface area contributed by atoms with Crippen LogP contribution < -0.4 is 0 Å². The molecule has 0 aliphatic heterocycles. The van der Waals surface area contributed by atoms with Gasteiger partial charge in [0.05, 0.1) is 0 Å². The molecule has 0 rings (SSSR count). The summed E-state index contributed by atoms with van der Waals surface area (Å²) >= 11 is 0. The summed E-state index contributed by atoms with van der Waals surface area (Å²) in [7, 11) is 3.43. The van der Waals surface area contributed by atoms with Gasteiger partial charge in [0.25, 0.3) is 0 Å². The van der Waals surface area contributed by atoms with Gasteiger partial charge in [0, 0.05) is 26.4 Å². The molecule has 0 saturated heterocycles. The minimum atomic E-state index is 0.666. The highest BCUT2D eigenvalue weighted by Gasteiger charge is 1.99. The lowest BCUT2D eigenvalue weighted by Gasteiger charge is -2.01. The van der Waals surface area contributed by atoms with Gasteiger partial charge in [0.15, 0.2) is 12.7 Å². The van der Waals surface area contributed by atoms with E-state index in [1.165, 1.54) is 5.57 Å². The molecule has 0 saturated carbocycles. The van der Waals surface area contributed by atoms with E-state index < -0.39 is 0 Å². The van der Waals surface area contributed by atoms with Gasteiger partial charge in [0.1, 0.15) is 13.3 Å². The molecule has 0 aromatic heterocycles. The molecule has 17 heavy (non-hydrogen) atoms. The minimum Gasteiger partial charge on any atom is -0.378 e. The molecule has 0 atom stereocenters. The van der Waals surface area contributed by atoms with Crippen molar-refractivity contribution in [1.82, 2.24) is 0 Å². The summed E-state index contributed by atoms with van der Waals surface area (Å²) in [4.78, 5) is 3.94. The Hall–Kier alpha value is -1.48. The van der Waals surface area contributed by atoms with Crippen molar-refractivity contribution in [2.75, 3.05) is 27.3 Å². The van der Waals surface area contributed by atoms with Crippen molar-refractivity contribution >= 4 is 12.9 Å². The number of nitrogens with zero attached hydrogens (tertiary/aromatic N) is 2. The van der Waals surface area contributed by atoms with Crippen molar-refractivity contribution in [1.29, 1.82) is 0 Å². The van der Waals surface area contributed by atoms with E-state index in [4.69, 9.17) is 4.74 Å². The number of hydrogen-bond donors (Lipinski definition) is 0. The van der Waals surface area contributed by atoms with Crippen LogP contribution >= 0.6 is 0 Å². The fourth-order valence-corrected chi connectivity index (χ4v) is 1.20. The number of methoxy groups -OCH3 is 1. The third-order valence-electron chi connectivity index (χ3n) is 2.29. The third-order valence-corrected chi connectivity index (χ3v) is 2.29. The summed E-state index contributed by atoms with van der Waals surface area (Å²) in [5.41, 5.74) is 2.16. The Bertz CT molecular complexity index is 338. The zero-order chi connectivity index (χ0) is 13.1. The molecule has 3 nitrogen and oxygen atoms in total. The van der Waals surface area contributed by atoms with Gasteiger partial charge in [-0.3, -0.25) is 4.99 Å². The zero-order valence-electron chi connectivity index (χ0n) is 11.1. The Morgan fingerprint density at radius 2 is 2.18 bits per heavy atom. The molecule has 94 valence electrons. The van der Waals surface area contributed by atoms with Gasteiger partial charge in [-0.2, -0.15) is 0 Å². The first-order valence-corrected chi connectivity index (χ1v) is 5.70. The largest absolute Gasteiger partial charge is 0.378 e. The molecule has 0 amide bonds. The van der Waals surface area contributed by atoms with E-state index >= 15 is 0 Å². The maximum atomic E-state index is 4.97. The molecular weight excluding hydrogens is 212 g/mol. The second-order valence-corrected chi connectivity index (χ2v) is 3.60. The van der Waals surface area contributed by atoms with Gasteiger partial charge in [0.2, 0.25) is 0 Å². The number of aliphatic imine (C=N–C) groups is 1. The highest BCUT2D eigenvalue weighted by Crippen LogP contribution is 2.12. The normalized spacial score (nSPS) is 12.5. The molecule has 0 N–H and O–H groups in total. The predicted octanol–water partition coefficient (Wildman–Crippen LogP) is 2.45. The fourth-order valence-electron chi connectivity index (χ4n) is 1.20. The maximum Gasteiger partial charge on any atom is 0.170 e. The van der Waals surface area contributed by atoms with E-state index in [1.54, 1.807) is 20.4 Å². The van der Waals surface area contributed by atoms with Crippen molar-refractivity contribution in [3.8, 4) is 0 Å². The van der Waals surface area contributed by atoms with Gasteiger partial charge in [-0.25, -0.2) is 4.58 Å². The first-order chi connectivity index (χ1) is 8.15. The number of allylic oxidation sites excluding steroid dienone is 4. The van der Waals surface area contributed by atoms with Crippen molar-refractivity contribution in [3.05, 3.63) is 36.1 Å². The average molecular weight is 235 g/mol. The molecule has 0 bridgehead atoms. The molecule has 0 aliphatic rings. The lowest BCUT2D eigenvalue weighted by Crippen LogP contribution is -2.09. The Balaban J connectivity index is 4.40. The van der Waals surface area contributed by atoms with Crippen LogP contribution in [0.4, 0.5) is 0 Å². The number of ether oxygens (including phenoxy) is 1. The molecule has 0 radical (unpaired) electrons. The van der Waals surface area contributed by atoms with E-state index in [2.05, 4.69) is 25.2 Å². The van der Waals surface area contributed by atoms with Crippen LogP contribution in [0.15, 0.2) is 41.1 Å². The SMILES string of the molecule is C=C(/C=C\[N+](=C)CCOC)/C(=C/C=NC)CC. The van der Waals surface area contributed by atoms with Crippen LogP contribution in [-0.2, 0) is 4.74 Å². The summed E-state index contributed by atoms with van der Waals surface area (Å²) in [6, 6.07) is 0. The molecule has 0 aromatic rings. The van der Waals surface area contributed by atoms with Crippen LogP contribution in [0.1, 0.15) is 13.3 Å². The molecule has 0 aromatic carbocycles. The quantitative estimate of drug-likeness (QED) is 0.360. The minimum absolute atomic E-state index is 0.666. The van der Waals surface area contributed by atoms with Crippen LogP contribution in [0.3, 0.4) is 0 Å². The maximum absolute atomic E-state index is 4.97.